The lowest BCUT2D eigenvalue weighted by Gasteiger charge is -2.35. The van der Waals surface area contributed by atoms with E-state index in [0.717, 1.165) is 29.2 Å². The summed E-state index contributed by atoms with van der Waals surface area (Å²) in [4.78, 5) is 31.8. The molecule has 1 aromatic carbocycles. The van der Waals surface area contributed by atoms with Gasteiger partial charge in [-0.15, -0.1) is 0 Å². The molecular formula is C30H35ClF3N5O3. The SMILES string of the molecule is CC1(C(=O)O)CCC(n2ncc(C(=O)N(CCn3cnc4cccc(Cl)c43)[C@H]3C[C@@H]4[C@H](C3)C4(C)C)c2C(F)(F)F)CC1. The molecule has 3 aromatic rings. The van der Waals surface area contributed by atoms with Crippen molar-refractivity contribution in [2.45, 2.75) is 84.1 Å². The molecule has 0 saturated heterocycles. The standard InChI is InChI=1S/C30H35ClF3N5O3/c1-28(2)20-13-18(14-21(20)28)38(12-11-37-16-35-23-6-4-5-22(31)24(23)37)26(40)19-15-36-39(25(19)30(32,33)34)17-7-9-29(3,10-8-17)27(41)42/h4-6,15-18,20-21H,7-14H2,1-3H3,(H,41,42)/t17?,18-,20+,21-,29?. The number of carbonyl (C=O) groups is 2. The maximum atomic E-state index is 14.6. The van der Waals surface area contributed by atoms with Crippen molar-refractivity contribution in [3.63, 3.8) is 0 Å². The highest BCUT2D eigenvalue weighted by Gasteiger charge is 2.63. The van der Waals surface area contributed by atoms with Crippen LogP contribution in [0.5, 0.6) is 0 Å². The van der Waals surface area contributed by atoms with Gasteiger partial charge in [0.2, 0.25) is 0 Å². The molecule has 1 amide bonds. The minimum Gasteiger partial charge on any atom is -0.481 e. The lowest BCUT2D eigenvalue weighted by atomic mass is 9.74. The van der Waals surface area contributed by atoms with E-state index >= 15 is 0 Å². The molecule has 2 aromatic heterocycles. The average Bonchev–Trinajstić information content (AvgIpc) is 3.48. The van der Waals surface area contributed by atoms with Gasteiger partial charge in [0.25, 0.3) is 5.91 Å². The summed E-state index contributed by atoms with van der Waals surface area (Å²) in [6.07, 6.45) is 0.327. The summed E-state index contributed by atoms with van der Waals surface area (Å²) in [7, 11) is 0. The molecular weight excluding hydrogens is 571 g/mol. The van der Waals surface area contributed by atoms with Crippen molar-refractivity contribution in [3.05, 3.63) is 47.0 Å². The van der Waals surface area contributed by atoms with Crippen LogP contribution in [0.1, 0.15) is 81.4 Å². The summed E-state index contributed by atoms with van der Waals surface area (Å²) >= 11 is 6.43. The monoisotopic (exact) mass is 605 g/mol. The first-order valence-corrected chi connectivity index (χ1v) is 14.9. The minimum atomic E-state index is -4.81. The van der Waals surface area contributed by atoms with Gasteiger partial charge in [-0.3, -0.25) is 14.3 Å². The molecule has 0 unspecified atom stereocenters. The molecule has 0 aliphatic heterocycles. The number of hydrogen-bond acceptors (Lipinski definition) is 4. The number of nitrogens with zero attached hydrogens (tertiary/aromatic N) is 5. The van der Waals surface area contributed by atoms with Crippen LogP contribution in [0, 0.1) is 22.7 Å². The number of aliphatic carboxylic acids is 1. The molecule has 1 N–H and O–H groups in total. The molecule has 226 valence electrons. The fraction of sp³-hybridized carbons (Fsp3) is 0.600. The second kappa shape index (κ2) is 9.99. The van der Waals surface area contributed by atoms with Gasteiger partial charge in [-0.05, 0) is 74.8 Å². The van der Waals surface area contributed by atoms with Crippen molar-refractivity contribution < 1.29 is 27.9 Å². The number of carboxylic acids is 1. The van der Waals surface area contributed by atoms with Gasteiger partial charge in [0.05, 0.1) is 45.6 Å². The van der Waals surface area contributed by atoms with Crippen molar-refractivity contribution >= 4 is 34.5 Å². The van der Waals surface area contributed by atoms with Crippen LogP contribution in [0.25, 0.3) is 11.0 Å². The zero-order valence-electron chi connectivity index (χ0n) is 23.9. The van der Waals surface area contributed by atoms with E-state index in [1.165, 1.54) is 0 Å². The normalized spacial score (nSPS) is 28.5. The molecule has 0 bridgehead atoms. The van der Waals surface area contributed by atoms with Crippen LogP contribution in [-0.2, 0) is 17.5 Å². The second-order valence-corrected chi connectivity index (χ2v) is 13.6. The highest BCUT2D eigenvalue weighted by Crippen LogP contribution is 2.67. The topological polar surface area (TPSA) is 93.2 Å². The molecule has 12 heteroatoms. The van der Waals surface area contributed by atoms with Crippen LogP contribution in [0.4, 0.5) is 13.2 Å². The van der Waals surface area contributed by atoms with E-state index in [-0.39, 0.29) is 43.7 Å². The fourth-order valence-corrected chi connectivity index (χ4v) is 7.86. The van der Waals surface area contributed by atoms with E-state index in [2.05, 4.69) is 23.9 Å². The highest BCUT2D eigenvalue weighted by molar-refractivity contribution is 6.34. The molecule has 3 aliphatic rings. The van der Waals surface area contributed by atoms with Crippen molar-refractivity contribution in [1.82, 2.24) is 24.2 Å². The molecule has 3 aliphatic carbocycles. The molecule has 42 heavy (non-hydrogen) atoms. The van der Waals surface area contributed by atoms with Gasteiger partial charge in [0, 0.05) is 19.1 Å². The lowest BCUT2D eigenvalue weighted by Crippen LogP contribution is -2.43. The van der Waals surface area contributed by atoms with Crippen LogP contribution in [0.15, 0.2) is 30.7 Å². The third kappa shape index (κ3) is 4.77. The Hall–Kier alpha value is -3.08. The minimum absolute atomic E-state index is 0.179. The highest BCUT2D eigenvalue weighted by atomic mass is 35.5. The molecule has 3 saturated carbocycles. The number of para-hydroxylation sites is 1. The number of benzene rings is 1. The molecule has 3 atom stereocenters. The Morgan fingerprint density at radius 2 is 1.81 bits per heavy atom. The van der Waals surface area contributed by atoms with E-state index in [0.29, 0.717) is 28.9 Å². The third-order valence-corrected chi connectivity index (χ3v) is 10.7. The van der Waals surface area contributed by atoms with Gasteiger partial charge in [0.1, 0.15) is 0 Å². The zero-order valence-corrected chi connectivity index (χ0v) is 24.6. The number of carbonyl (C=O) groups excluding carboxylic acids is 1. The first kappa shape index (κ1) is 29.0. The summed E-state index contributed by atoms with van der Waals surface area (Å²) in [5.74, 6) is -0.748. The number of rotatable bonds is 7. The maximum absolute atomic E-state index is 14.6. The first-order chi connectivity index (χ1) is 19.7. The van der Waals surface area contributed by atoms with E-state index in [1.54, 1.807) is 30.3 Å². The van der Waals surface area contributed by atoms with Gasteiger partial charge < -0.3 is 14.6 Å². The number of hydrogen-bond donors (Lipinski definition) is 1. The predicted molar refractivity (Wildman–Crippen MR) is 150 cm³/mol. The number of aromatic nitrogens is 4. The number of carboxylic acid groups (broad SMARTS) is 1. The van der Waals surface area contributed by atoms with Gasteiger partial charge >= 0.3 is 12.1 Å². The van der Waals surface area contributed by atoms with E-state index < -0.39 is 40.8 Å². The largest absolute Gasteiger partial charge is 0.481 e. The van der Waals surface area contributed by atoms with E-state index in [1.807, 2.05) is 10.6 Å². The average molecular weight is 606 g/mol. The Morgan fingerprint density at radius 1 is 1.14 bits per heavy atom. The number of fused-ring (bicyclic) bond motifs is 2. The van der Waals surface area contributed by atoms with Crippen LogP contribution >= 0.6 is 11.6 Å². The first-order valence-electron chi connectivity index (χ1n) is 14.5. The summed E-state index contributed by atoms with van der Waals surface area (Å²) in [5.41, 5.74) is -0.877. The van der Waals surface area contributed by atoms with Gasteiger partial charge in [-0.1, -0.05) is 31.5 Å². The maximum Gasteiger partial charge on any atom is 0.433 e. The summed E-state index contributed by atoms with van der Waals surface area (Å²) in [6, 6.07) is 4.58. The van der Waals surface area contributed by atoms with Crippen molar-refractivity contribution in [3.8, 4) is 0 Å². The Kier molecular flexibility index (Phi) is 6.90. The third-order valence-electron chi connectivity index (χ3n) is 10.4. The van der Waals surface area contributed by atoms with Gasteiger partial charge in [-0.25, -0.2) is 4.98 Å². The number of halogens is 4. The second-order valence-electron chi connectivity index (χ2n) is 13.1. The molecule has 2 heterocycles. The molecule has 0 radical (unpaired) electrons. The number of imidazole rings is 1. The van der Waals surface area contributed by atoms with E-state index in [4.69, 9.17) is 11.6 Å². The number of alkyl halides is 3. The lowest BCUT2D eigenvalue weighted by molar-refractivity contribution is -0.152. The predicted octanol–water partition coefficient (Wildman–Crippen LogP) is 6.69. The summed E-state index contributed by atoms with van der Waals surface area (Å²) in [5, 5.41) is 14.2. The van der Waals surface area contributed by atoms with Gasteiger partial charge in [0.15, 0.2) is 5.69 Å². The summed E-state index contributed by atoms with van der Waals surface area (Å²) in [6.45, 7) is 6.55. The summed E-state index contributed by atoms with van der Waals surface area (Å²) < 4.78 is 46.6. The molecule has 6 rings (SSSR count). The smallest absolute Gasteiger partial charge is 0.433 e. The zero-order chi connectivity index (χ0) is 30.2. The van der Waals surface area contributed by atoms with Crippen molar-refractivity contribution in [1.29, 1.82) is 0 Å². The quantitative estimate of drug-likeness (QED) is 0.324. The number of amides is 1. The van der Waals surface area contributed by atoms with Crippen LogP contribution in [-0.4, -0.2) is 53.8 Å². The van der Waals surface area contributed by atoms with Gasteiger partial charge in [-0.2, -0.15) is 18.3 Å². The fourth-order valence-electron chi connectivity index (χ4n) is 7.58. The van der Waals surface area contributed by atoms with Crippen molar-refractivity contribution in [2.24, 2.45) is 22.7 Å². The van der Waals surface area contributed by atoms with E-state index in [9.17, 15) is 27.9 Å². The van der Waals surface area contributed by atoms with Crippen LogP contribution < -0.4 is 0 Å². The molecule has 8 nitrogen and oxygen atoms in total. The molecule has 3 fully saturated rings. The molecule has 0 spiro atoms. The van der Waals surface area contributed by atoms with Crippen molar-refractivity contribution in [2.75, 3.05) is 6.54 Å². The van der Waals surface area contributed by atoms with Crippen LogP contribution in [0.3, 0.4) is 0 Å². The Balaban J connectivity index is 1.30. The Morgan fingerprint density at radius 3 is 2.43 bits per heavy atom. The Bertz CT molecular complexity index is 1520. The van der Waals surface area contributed by atoms with Crippen LogP contribution in [0.2, 0.25) is 5.02 Å². The Labute approximate surface area is 246 Å².